The average molecular weight is 387 g/mol. The van der Waals surface area contributed by atoms with Crippen LogP contribution in [0.15, 0.2) is 60.8 Å². The fourth-order valence-corrected chi connectivity index (χ4v) is 3.34. The molecule has 1 N–H and O–H groups in total. The zero-order valence-electron chi connectivity index (χ0n) is 16.8. The number of amides is 1. The molecule has 1 saturated heterocycles. The Hall–Kier alpha value is -3.41. The Kier molecular flexibility index (Phi) is 5.42. The van der Waals surface area contributed by atoms with Crippen molar-refractivity contribution in [3.05, 3.63) is 77.5 Å². The molecule has 2 heterocycles. The molecular formula is C23H25N5O. The Morgan fingerprint density at radius 2 is 1.48 bits per heavy atom. The lowest BCUT2D eigenvalue weighted by molar-refractivity contribution is 0.0746. The van der Waals surface area contributed by atoms with Gasteiger partial charge in [-0.3, -0.25) is 4.79 Å². The molecule has 1 aliphatic heterocycles. The maximum Gasteiger partial charge on any atom is 0.253 e. The van der Waals surface area contributed by atoms with Gasteiger partial charge >= 0.3 is 0 Å². The van der Waals surface area contributed by atoms with Gasteiger partial charge in [-0.25, -0.2) is 4.98 Å². The molecule has 0 radical (unpaired) electrons. The van der Waals surface area contributed by atoms with Crippen LogP contribution >= 0.6 is 0 Å². The lowest BCUT2D eigenvalue weighted by Gasteiger charge is -2.34. The van der Waals surface area contributed by atoms with Gasteiger partial charge in [0.05, 0.1) is 0 Å². The molecule has 1 aromatic heterocycles. The molecule has 29 heavy (non-hydrogen) atoms. The summed E-state index contributed by atoms with van der Waals surface area (Å²) in [6, 6.07) is 17.8. The number of nitrogens with one attached hydrogen (secondary N) is 1. The minimum Gasteiger partial charge on any atom is -0.340 e. The second kappa shape index (κ2) is 8.31. The van der Waals surface area contributed by atoms with Crippen molar-refractivity contribution in [1.29, 1.82) is 0 Å². The summed E-state index contributed by atoms with van der Waals surface area (Å²) in [5.74, 6) is 1.53. The molecular weight excluding hydrogens is 362 g/mol. The van der Waals surface area contributed by atoms with Crippen LogP contribution in [0.3, 0.4) is 0 Å². The van der Waals surface area contributed by atoms with E-state index in [1.807, 2.05) is 54.3 Å². The highest BCUT2D eigenvalue weighted by Gasteiger charge is 2.23. The number of hydrogen-bond donors (Lipinski definition) is 1. The fourth-order valence-electron chi connectivity index (χ4n) is 3.34. The molecule has 148 valence electrons. The number of aryl methyl sites for hydroxylation is 2. The van der Waals surface area contributed by atoms with Crippen molar-refractivity contribution in [1.82, 2.24) is 14.9 Å². The lowest BCUT2D eigenvalue weighted by atomic mass is 10.1. The van der Waals surface area contributed by atoms with Crippen LogP contribution in [0, 0.1) is 13.8 Å². The highest BCUT2D eigenvalue weighted by Crippen LogP contribution is 2.19. The smallest absolute Gasteiger partial charge is 0.253 e. The molecule has 0 bridgehead atoms. The van der Waals surface area contributed by atoms with Crippen LogP contribution in [-0.2, 0) is 0 Å². The summed E-state index contributed by atoms with van der Waals surface area (Å²) in [6.07, 6.45) is 1.77. The summed E-state index contributed by atoms with van der Waals surface area (Å²) in [5, 5.41) is 3.32. The van der Waals surface area contributed by atoms with E-state index in [1.54, 1.807) is 6.20 Å². The Labute approximate surface area is 171 Å². The van der Waals surface area contributed by atoms with Crippen LogP contribution in [0.5, 0.6) is 0 Å². The zero-order chi connectivity index (χ0) is 20.2. The van der Waals surface area contributed by atoms with E-state index in [0.717, 1.165) is 22.6 Å². The first kappa shape index (κ1) is 18.9. The van der Waals surface area contributed by atoms with Crippen molar-refractivity contribution in [2.75, 3.05) is 36.4 Å². The summed E-state index contributed by atoms with van der Waals surface area (Å²) in [7, 11) is 0. The number of piperazine rings is 1. The third kappa shape index (κ3) is 4.54. The van der Waals surface area contributed by atoms with Crippen molar-refractivity contribution < 1.29 is 4.79 Å². The lowest BCUT2D eigenvalue weighted by Crippen LogP contribution is -2.49. The summed E-state index contributed by atoms with van der Waals surface area (Å²) in [6.45, 7) is 6.83. The second-order valence-corrected chi connectivity index (χ2v) is 7.38. The normalized spacial score (nSPS) is 14.0. The molecule has 6 nitrogen and oxygen atoms in total. The molecule has 1 amide bonds. The van der Waals surface area contributed by atoms with Crippen LogP contribution in [0.25, 0.3) is 0 Å². The van der Waals surface area contributed by atoms with Gasteiger partial charge < -0.3 is 15.1 Å². The maximum atomic E-state index is 12.7. The van der Waals surface area contributed by atoms with E-state index >= 15 is 0 Å². The summed E-state index contributed by atoms with van der Waals surface area (Å²) < 4.78 is 0. The Balaban J connectivity index is 1.39. The van der Waals surface area contributed by atoms with Crippen LogP contribution in [0.1, 0.15) is 21.5 Å². The SMILES string of the molecule is Cc1ccc(Nc2ccnc(N3CCN(C(=O)c4ccc(C)cc4)CC3)n2)cc1. The average Bonchev–Trinajstić information content (AvgIpc) is 2.76. The zero-order valence-corrected chi connectivity index (χ0v) is 16.8. The van der Waals surface area contributed by atoms with E-state index in [0.29, 0.717) is 32.1 Å². The number of aromatic nitrogens is 2. The summed E-state index contributed by atoms with van der Waals surface area (Å²) >= 11 is 0. The van der Waals surface area contributed by atoms with Gasteiger partial charge in [0.15, 0.2) is 0 Å². The first-order valence-corrected chi connectivity index (χ1v) is 9.86. The van der Waals surface area contributed by atoms with Gasteiger partial charge in [0, 0.05) is 43.6 Å². The van der Waals surface area contributed by atoms with Gasteiger partial charge in [0.2, 0.25) is 5.95 Å². The third-order valence-corrected chi connectivity index (χ3v) is 5.12. The molecule has 3 aromatic rings. The second-order valence-electron chi connectivity index (χ2n) is 7.38. The summed E-state index contributed by atoms with van der Waals surface area (Å²) in [4.78, 5) is 25.8. The highest BCUT2D eigenvalue weighted by atomic mass is 16.2. The topological polar surface area (TPSA) is 61.4 Å². The number of rotatable bonds is 4. The standard InChI is InChI=1S/C23H25N5O/c1-17-3-7-19(8-4-17)22(29)27-13-15-28(16-14-27)23-24-12-11-21(26-23)25-20-9-5-18(2)6-10-20/h3-12H,13-16H2,1-2H3,(H,24,25,26). The minimum atomic E-state index is 0.0837. The number of carbonyl (C=O) groups excluding carboxylic acids is 1. The Morgan fingerprint density at radius 3 is 2.14 bits per heavy atom. The predicted octanol–water partition coefficient (Wildman–Crippen LogP) is 3.80. The molecule has 4 rings (SSSR count). The van der Waals surface area contributed by atoms with Gasteiger partial charge in [-0.1, -0.05) is 35.4 Å². The van der Waals surface area contributed by atoms with Gasteiger partial charge in [-0.05, 0) is 44.2 Å². The first-order valence-electron chi connectivity index (χ1n) is 9.86. The minimum absolute atomic E-state index is 0.0837. The molecule has 0 atom stereocenters. The Bertz CT molecular complexity index is 977. The number of nitrogens with zero attached hydrogens (tertiary/aromatic N) is 4. The van der Waals surface area contributed by atoms with Crippen LogP contribution < -0.4 is 10.2 Å². The Morgan fingerprint density at radius 1 is 0.862 bits per heavy atom. The molecule has 0 aliphatic carbocycles. The van der Waals surface area contributed by atoms with Gasteiger partial charge in [0.1, 0.15) is 5.82 Å². The van der Waals surface area contributed by atoms with Crippen molar-refractivity contribution in [3.8, 4) is 0 Å². The number of hydrogen-bond acceptors (Lipinski definition) is 5. The van der Waals surface area contributed by atoms with Gasteiger partial charge in [0.25, 0.3) is 5.91 Å². The largest absolute Gasteiger partial charge is 0.340 e. The van der Waals surface area contributed by atoms with Crippen LogP contribution in [0.2, 0.25) is 0 Å². The van der Waals surface area contributed by atoms with E-state index in [2.05, 4.69) is 39.2 Å². The van der Waals surface area contributed by atoms with Crippen molar-refractivity contribution in [2.24, 2.45) is 0 Å². The van der Waals surface area contributed by atoms with E-state index in [9.17, 15) is 4.79 Å². The van der Waals surface area contributed by atoms with Gasteiger partial charge in [-0.15, -0.1) is 0 Å². The quantitative estimate of drug-likeness (QED) is 0.738. The van der Waals surface area contributed by atoms with Crippen LogP contribution in [0.4, 0.5) is 17.5 Å². The molecule has 0 spiro atoms. The molecule has 6 heteroatoms. The molecule has 1 aliphatic rings. The third-order valence-electron chi connectivity index (χ3n) is 5.12. The van der Waals surface area contributed by atoms with Crippen molar-refractivity contribution in [3.63, 3.8) is 0 Å². The molecule has 0 unspecified atom stereocenters. The number of anilines is 3. The van der Waals surface area contributed by atoms with E-state index < -0.39 is 0 Å². The maximum absolute atomic E-state index is 12.7. The van der Waals surface area contributed by atoms with Crippen molar-refractivity contribution in [2.45, 2.75) is 13.8 Å². The molecule has 0 saturated carbocycles. The van der Waals surface area contributed by atoms with Gasteiger partial charge in [-0.2, -0.15) is 4.98 Å². The molecule has 1 fully saturated rings. The molecule has 2 aromatic carbocycles. The highest BCUT2D eigenvalue weighted by molar-refractivity contribution is 5.94. The van der Waals surface area contributed by atoms with Crippen LogP contribution in [-0.4, -0.2) is 47.0 Å². The number of carbonyl (C=O) groups is 1. The van der Waals surface area contributed by atoms with E-state index in [-0.39, 0.29) is 5.91 Å². The predicted molar refractivity (Wildman–Crippen MR) is 116 cm³/mol. The fraction of sp³-hybridized carbons (Fsp3) is 0.261. The summed E-state index contributed by atoms with van der Waals surface area (Å²) in [5.41, 5.74) is 4.11. The van der Waals surface area contributed by atoms with E-state index in [4.69, 9.17) is 0 Å². The van der Waals surface area contributed by atoms with E-state index in [1.165, 1.54) is 5.56 Å². The number of benzene rings is 2. The monoisotopic (exact) mass is 387 g/mol. The first-order chi connectivity index (χ1) is 14.1. The van der Waals surface area contributed by atoms with Crippen molar-refractivity contribution >= 4 is 23.4 Å².